The number of hydrogen-bond acceptors (Lipinski definition) is 3. The quantitative estimate of drug-likeness (QED) is 0.617. The van der Waals surface area contributed by atoms with Gasteiger partial charge in [0.2, 0.25) is 5.88 Å². The SMILES string of the molecule is CCN(CC)C(N)=NCc1ccnc(OC)c1. The van der Waals surface area contributed by atoms with Crippen molar-refractivity contribution in [2.45, 2.75) is 20.4 Å². The smallest absolute Gasteiger partial charge is 0.213 e. The second-order valence-corrected chi connectivity index (χ2v) is 3.55. The number of rotatable bonds is 5. The van der Waals surface area contributed by atoms with Crippen molar-refractivity contribution in [3.63, 3.8) is 0 Å². The van der Waals surface area contributed by atoms with Gasteiger partial charge in [0.15, 0.2) is 5.96 Å². The first-order valence-corrected chi connectivity index (χ1v) is 5.75. The van der Waals surface area contributed by atoms with Crippen LogP contribution in [-0.2, 0) is 6.54 Å². The molecule has 0 unspecified atom stereocenters. The molecule has 0 saturated carbocycles. The lowest BCUT2D eigenvalue weighted by Gasteiger charge is -2.19. The standard InChI is InChI=1S/C12H20N4O/c1-4-16(5-2)12(13)15-9-10-6-7-14-11(8-10)17-3/h6-8H,4-5,9H2,1-3H3,(H2,13,15). The number of nitrogens with two attached hydrogens (primary N) is 1. The highest BCUT2D eigenvalue weighted by Crippen LogP contribution is 2.09. The maximum Gasteiger partial charge on any atom is 0.213 e. The van der Waals surface area contributed by atoms with E-state index in [1.165, 1.54) is 0 Å². The van der Waals surface area contributed by atoms with Crippen LogP contribution in [0.4, 0.5) is 0 Å². The first-order valence-electron chi connectivity index (χ1n) is 5.75. The number of pyridine rings is 1. The zero-order chi connectivity index (χ0) is 12.7. The molecule has 0 spiro atoms. The van der Waals surface area contributed by atoms with Gasteiger partial charge in [-0.3, -0.25) is 0 Å². The summed E-state index contributed by atoms with van der Waals surface area (Å²) in [6.07, 6.45) is 1.71. The topological polar surface area (TPSA) is 63.7 Å². The molecule has 0 aromatic carbocycles. The van der Waals surface area contributed by atoms with E-state index in [0.717, 1.165) is 18.7 Å². The van der Waals surface area contributed by atoms with Crippen LogP contribution in [-0.4, -0.2) is 36.0 Å². The summed E-state index contributed by atoms with van der Waals surface area (Å²) in [5, 5.41) is 0. The lowest BCUT2D eigenvalue weighted by molar-refractivity contribution is 0.397. The maximum atomic E-state index is 5.89. The van der Waals surface area contributed by atoms with E-state index in [1.54, 1.807) is 13.3 Å². The molecule has 0 saturated heterocycles. The van der Waals surface area contributed by atoms with E-state index in [0.29, 0.717) is 18.4 Å². The van der Waals surface area contributed by atoms with Gasteiger partial charge in [-0.25, -0.2) is 9.98 Å². The first kappa shape index (κ1) is 13.3. The van der Waals surface area contributed by atoms with Gasteiger partial charge in [0, 0.05) is 25.4 Å². The van der Waals surface area contributed by atoms with Gasteiger partial charge >= 0.3 is 0 Å². The molecule has 0 fully saturated rings. The van der Waals surface area contributed by atoms with Crippen LogP contribution in [0.3, 0.4) is 0 Å². The number of ether oxygens (including phenoxy) is 1. The molecule has 1 rings (SSSR count). The molecule has 0 aliphatic rings. The molecule has 94 valence electrons. The van der Waals surface area contributed by atoms with E-state index < -0.39 is 0 Å². The Bertz CT molecular complexity index is 375. The summed E-state index contributed by atoms with van der Waals surface area (Å²) < 4.78 is 5.05. The van der Waals surface area contributed by atoms with Crippen molar-refractivity contribution < 1.29 is 4.74 Å². The second kappa shape index (κ2) is 6.73. The van der Waals surface area contributed by atoms with E-state index in [4.69, 9.17) is 10.5 Å². The number of aliphatic imine (C=N–C) groups is 1. The Hall–Kier alpha value is -1.78. The zero-order valence-corrected chi connectivity index (χ0v) is 10.7. The molecule has 0 amide bonds. The molecule has 2 N–H and O–H groups in total. The van der Waals surface area contributed by atoms with Crippen LogP contribution < -0.4 is 10.5 Å². The third-order valence-corrected chi connectivity index (χ3v) is 2.52. The normalized spacial score (nSPS) is 11.4. The van der Waals surface area contributed by atoms with Crippen LogP contribution >= 0.6 is 0 Å². The minimum atomic E-state index is 0.543. The minimum Gasteiger partial charge on any atom is -0.481 e. The Labute approximate surface area is 102 Å². The van der Waals surface area contributed by atoms with Crippen molar-refractivity contribution in [3.8, 4) is 5.88 Å². The van der Waals surface area contributed by atoms with Crippen molar-refractivity contribution in [2.24, 2.45) is 10.7 Å². The van der Waals surface area contributed by atoms with Gasteiger partial charge in [-0.2, -0.15) is 0 Å². The van der Waals surface area contributed by atoms with Crippen molar-refractivity contribution >= 4 is 5.96 Å². The molecule has 1 heterocycles. The predicted octanol–water partition coefficient (Wildman–Crippen LogP) is 1.25. The van der Waals surface area contributed by atoms with Gasteiger partial charge in [0.25, 0.3) is 0 Å². The third kappa shape index (κ3) is 3.94. The van der Waals surface area contributed by atoms with Crippen molar-refractivity contribution in [2.75, 3.05) is 20.2 Å². The molecule has 0 atom stereocenters. The van der Waals surface area contributed by atoms with Crippen molar-refractivity contribution in [3.05, 3.63) is 23.9 Å². The summed E-state index contributed by atoms with van der Waals surface area (Å²) >= 11 is 0. The van der Waals surface area contributed by atoms with Gasteiger partial charge in [-0.15, -0.1) is 0 Å². The van der Waals surface area contributed by atoms with E-state index in [2.05, 4.69) is 23.8 Å². The van der Waals surface area contributed by atoms with Gasteiger partial charge in [-0.05, 0) is 25.5 Å². The monoisotopic (exact) mass is 236 g/mol. The lowest BCUT2D eigenvalue weighted by atomic mass is 10.3. The molecule has 0 radical (unpaired) electrons. The Balaban J connectivity index is 2.67. The third-order valence-electron chi connectivity index (χ3n) is 2.52. The van der Waals surface area contributed by atoms with Crippen LogP contribution in [0.5, 0.6) is 5.88 Å². The second-order valence-electron chi connectivity index (χ2n) is 3.55. The van der Waals surface area contributed by atoms with E-state index in [9.17, 15) is 0 Å². The molecular formula is C12H20N4O. The highest BCUT2D eigenvalue weighted by atomic mass is 16.5. The first-order chi connectivity index (χ1) is 8.21. The molecule has 1 aromatic heterocycles. The van der Waals surface area contributed by atoms with Crippen molar-refractivity contribution in [1.29, 1.82) is 0 Å². The van der Waals surface area contributed by atoms with Gasteiger partial charge < -0.3 is 15.4 Å². The van der Waals surface area contributed by atoms with Crippen LogP contribution in [0.25, 0.3) is 0 Å². The molecule has 0 bridgehead atoms. The number of methoxy groups -OCH3 is 1. The largest absolute Gasteiger partial charge is 0.481 e. The van der Waals surface area contributed by atoms with Gasteiger partial charge in [0.1, 0.15) is 0 Å². The van der Waals surface area contributed by atoms with Gasteiger partial charge in [-0.1, -0.05) is 0 Å². The number of nitrogens with zero attached hydrogens (tertiary/aromatic N) is 3. The van der Waals surface area contributed by atoms with Crippen LogP contribution in [0.2, 0.25) is 0 Å². The molecule has 5 nitrogen and oxygen atoms in total. The Kier molecular flexibility index (Phi) is 5.26. The average Bonchev–Trinajstić information content (AvgIpc) is 2.38. The fourth-order valence-electron chi connectivity index (χ4n) is 1.48. The summed E-state index contributed by atoms with van der Waals surface area (Å²) in [7, 11) is 1.60. The Morgan fingerprint density at radius 3 is 2.76 bits per heavy atom. The predicted molar refractivity (Wildman–Crippen MR) is 69.0 cm³/mol. The molecule has 1 aromatic rings. The molecular weight excluding hydrogens is 216 g/mol. The number of guanidine groups is 1. The summed E-state index contributed by atoms with van der Waals surface area (Å²) in [5.74, 6) is 1.17. The molecule has 17 heavy (non-hydrogen) atoms. The Morgan fingerprint density at radius 2 is 2.18 bits per heavy atom. The number of aromatic nitrogens is 1. The lowest BCUT2D eigenvalue weighted by Crippen LogP contribution is -2.37. The summed E-state index contributed by atoms with van der Waals surface area (Å²) in [6.45, 7) is 6.39. The van der Waals surface area contributed by atoms with Crippen molar-refractivity contribution in [1.82, 2.24) is 9.88 Å². The van der Waals surface area contributed by atoms with Crippen LogP contribution in [0.1, 0.15) is 19.4 Å². The Morgan fingerprint density at radius 1 is 1.47 bits per heavy atom. The number of hydrogen-bond donors (Lipinski definition) is 1. The average molecular weight is 236 g/mol. The van der Waals surface area contributed by atoms with Crippen LogP contribution in [0, 0.1) is 0 Å². The van der Waals surface area contributed by atoms with Crippen LogP contribution in [0.15, 0.2) is 23.3 Å². The van der Waals surface area contributed by atoms with E-state index in [1.807, 2.05) is 17.0 Å². The highest BCUT2D eigenvalue weighted by molar-refractivity contribution is 5.77. The van der Waals surface area contributed by atoms with E-state index >= 15 is 0 Å². The molecule has 0 aliphatic heterocycles. The minimum absolute atomic E-state index is 0.543. The highest BCUT2D eigenvalue weighted by Gasteiger charge is 2.02. The van der Waals surface area contributed by atoms with Gasteiger partial charge in [0.05, 0.1) is 13.7 Å². The molecule has 0 aliphatic carbocycles. The van der Waals surface area contributed by atoms with E-state index in [-0.39, 0.29) is 0 Å². The summed E-state index contributed by atoms with van der Waals surface area (Å²) in [5.41, 5.74) is 6.92. The molecule has 5 heteroatoms. The summed E-state index contributed by atoms with van der Waals surface area (Å²) in [4.78, 5) is 10.4. The fourth-order valence-corrected chi connectivity index (χ4v) is 1.48. The maximum absolute atomic E-state index is 5.89. The fraction of sp³-hybridized carbons (Fsp3) is 0.500. The summed E-state index contributed by atoms with van der Waals surface area (Å²) in [6, 6.07) is 3.76. The zero-order valence-electron chi connectivity index (χ0n) is 10.7.